The maximum absolute atomic E-state index is 5.97. The van der Waals surface area contributed by atoms with E-state index in [0.29, 0.717) is 17.2 Å². The number of hydrogen-bond acceptors (Lipinski definition) is 5. The summed E-state index contributed by atoms with van der Waals surface area (Å²) in [5.41, 5.74) is 13.7. The smallest absolute Gasteiger partial charge is 0.184 e. The predicted molar refractivity (Wildman–Crippen MR) is 71.7 cm³/mol. The van der Waals surface area contributed by atoms with Crippen molar-refractivity contribution in [1.82, 2.24) is 20.2 Å². The van der Waals surface area contributed by atoms with E-state index in [1.807, 2.05) is 10.7 Å². The average Bonchev–Trinajstić information content (AvgIpc) is 2.78. The van der Waals surface area contributed by atoms with Crippen molar-refractivity contribution in [3.05, 3.63) is 18.2 Å². The normalized spacial score (nSPS) is 12.6. The molecule has 0 aliphatic rings. The predicted octanol–water partition coefficient (Wildman–Crippen LogP) is 1.87. The molecule has 4 N–H and O–H groups in total. The molecular weight excluding hydrogens is 228 g/mol. The van der Waals surface area contributed by atoms with Gasteiger partial charge in [0.25, 0.3) is 0 Å². The van der Waals surface area contributed by atoms with Crippen LogP contribution in [0.15, 0.2) is 18.2 Å². The Balaban J connectivity index is 2.42. The van der Waals surface area contributed by atoms with Crippen LogP contribution in [0.2, 0.25) is 0 Å². The van der Waals surface area contributed by atoms with Crippen molar-refractivity contribution in [1.29, 1.82) is 0 Å². The van der Waals surface area contributed by atoms with E-state index in [9.17, 15) is 0 Å². The third-order valence-electron chi connectivity index (χ3n) is 2.93. The molecule has 18 heavy (non-hydrogen) atoms. The molecule has 0 saturated heterocycles. The van der Waals surface area contributed by atoms with Crippen LogP contribution in [0.5, 0.6) is 0 Å². The summed E-state index contributed by atoms with van der Waals surface area (Å²) in [6.07, 6.45) is 2.10. The van der Waals surface area contributed by atoms with Crippen molar-refractivity contribution < 1.29 is 0 Å². The molecule has 1 aromatic heterocycles. The highest BCUT2D eigenvalue weighted by Gasteiger charge is 2.15. The molecule has 0 spiro atoms. The van der Waals surface area contributed by atoms with E-state index in [1.54, 1.807) is 12.1 Å². The number of nitrogen functional groups attached to an aromatic ring is 2. The highest BCUT2D eigenvalue weighted by atomic mass is 15.5. The Hall–Kier alpha value is -2.11. The molecular formula is C12H18N6. The first-order valence-corrected chi connectivity index (χ1v) is 6.06. The van der Waals surface area contributed by atoms with Gasteiger partial charge in [0, 0.05) is 16.9 Å². The van der Waals surface area contributed by atoms with Gasteiger partial charge < -0.3 is 11.5 Å². The van der Waals surface area contributed by atoms with E-state index in [0.717, 1.165) is 18.4 Å². The van der Waals surface area contributed by atoms with Gasteiger partial charge >= 0.3 is 0 Å². The summed E-state index contributed by atoms with van der Waals surface area (Å²) in [6, 6.07) is 5.62. The Morgan fingerprint density at radius 1 is 1.33 bits per heavy atom. The molecule has 2 rings (SSSR count). The van der Waals surface area contributed by atoms with Gasteiger partial charge in [0.2, 0.25) is 0 Å². The Morgan fingerprint density at radius 2 is 2.11 bits per heavy atom. The lowest BCUT2D eigenvalue weighted by Gasteiger charge is -2.13. The standard InChI is InChI=1S/C12H18N6/c1-3-4-8(2)18-12(15-16-17-18)10-6-5-9(13)7-11(10)14/h5-8H,3-4,13-14H2,1-2H3. The van der Waals surface area contributed by atoms with E-state index in [-0.39, 0.29) is 6.04 Å². The highest BCUT2D eigenvalue weighted by Crippen LogP contribution is 2.27. The quantitative estimate of drug-likeness (QED) is 0.803. The maximum Gasteiger partial charge on any atom is 0.184 e. The number of tetrazole rings is 1. The molecule has 2 aromatic rings. The van der Waals surface area contributed by atoms with Gasteiger partial charge in [-0.25, -0.2) is 4.68 Å². The average molecular weight is 246 g/mol. The third-order valence-corrected chi connectivity index (χ3v) is 2.93. The second-order valence-corrected chi connectivity index (χ2v) is 4.43. The lowest BCUT2D eigenvalue weighted by Crippen LogP contribution is -2.09. The van der Waals surface area contributed by atoms with Crippen molar-refractivity contribution in [2.24, 2.45) is 0 Å². The molecule has 1 unspecified atom stereocenters. The number of nitrogens with two attached hydrogens (primary N) is 2. The fraction of sp³-hybridized carbons (Fsp3) is 0.417. The van der Waals surface area contributed by atoms with Crippen molar-refractivity contribution in [2.45, 2.75) is 32.7 Å². The minimum Gasteiger partial charge on any atom is -0.399 e. The summed E-state index contributed by atoms with van der Waals surface area (Å²) in [4.78, 5) is 0. The Kier molecular flexibility index (Phi) is 3.45. The summed E-state index contributed by atoms with van der Waals surface area (Å²) < 4.78 is 1.81. The molecule has 0 fully saturated rings. The zero-order valence-corrected chi connectivity index (χ0v) is 10.7. The number of rotatable bonds is 4. The minimum atomic E-state index is 0.247. The Bertz CT molecular complexity index is 533. The molecule has 6 heteroatoms. The van der Waals surface area contributed by atoms with Crippen LogP contribution < -0.4 is 11.5 Å². The minimum absolute atomic E-state index is 0.247. The number of nitrogens with zero attached hydrogens (tertiary/aromatic N) is 4. The number of hydrogen-bond donors (Lipinski definition) is 2. The Morgan fingerprint density at radius 3 is 2.78 bits per heavy atom. The van der Waals surface area contributed by atoms with Crippen LogP contribution in [0.3, 0.4) is 0 Å². The van der Waals surface area contributed by atoms with Gasteiger partial charge in [0.15, 0.2) is 5.82 Å². The molecule has 96 valence electrons. The van der Waals surface area contributed by atoms with Crippen LogP contribution in [0.4, 0.5) is 11.4 Å². The molecule has 6 nitrogen and oxygen atoms in total. The number of benzene rings is 1. The SMILES string of the molecule is CCCC(C)n1nnnc1-c1ccc(N)cc1N. The fourth-order valence-electron chi connectivity index (χ4n) is 1.99. The molecule has 0 radical (unpaired) electrons. The van der Waals surface area contributed by atoms with E-state index < -0.39 is 0 Å². The van der Waals surface area contributed by atoms with E-state index in [1.165, 1.54) is 0 Å². The van der Waals surface area contributed by atoms with Gasteiger partial charge in [0.1, 0.15) is 0 Å². The fourth-order valence-corrected chi connectivity index (χ4v) is 1.99. The zero-order chi connectivity index (χ0) is 13.1. The Labute approximate surface area is 106 Å². The monoisotopic (exact) mass is 246 g/mol. The first-order valence-electron chi connectivity index (χ1n) is 6.06. The summed E-state index contributed by atoms with van der Waals surface area (Å²) in [6.45, 7) is 4.23. The first-order chi connectivity index (χ1) is 8.63. The van der Waals surface area contributed by atoms with Gasteiger partial charge in [-0.1, -0.05) is 13.3 Å². The summed E-state index contributed by atoms with van der Waals surface area (Å²) in [7, 11) is 0. The molecule has 1 heterocycles. The van der Waals surface area contributed by atoms with Crippen LogP contribution in [-0.2, 0) is 0 Å². The molecule has 0 aliphatic heterocycles. The van der Waals surface area contributed by atoms with Crippen LogP contribution >= 0.6 is 0 Å². The molecule has 1 atom stereocenters. The van der Waals surface area contributed by atoms with Crippen molar-refractivity contribution >= 4 is 11.4 Å². The summed E-state index contributed by atoms with van der Waals surface area (Å²) in [5.74, 6) is 0.688. The first kappa shape index (κ1) is 12.3. The third kappa shape index (κ3) is 2.27. The van der Waals surface area contributed by atoms with Crippen molar-refractivity contribution in [2.75, 3.05) is 11.5 Å². The van der Waals surface area contributed by atoms with Gasteiger partial charge in [-0.15, -0.1) is 5.10 Å². The van der Waals surface area contributed by atoms with Crippen LogP contribution in [0, 0.1) is 0 Å². The molecule has 1 aromatic carbocycles. The summed E-state index contributed by atoms with van der Waals surface area (Å²) in [5, 5.41) is 11.8. The molecule has 0 aliphatic carbocycles. The van der Waals surface area contributed by atoms with Crippen molar-refractivity contribution in [3.63, 3.8) is 0 Å². The van der Waals surface area contributed by atoms with Crippen LogP contribution in [0.25, 0.3) is 11.4 Å². The lowest BCUT2D eigenvalue weighted by atomic mass is 10.1. The second kappa shape index (κ2) is 5.03. The van der Waals surface area contributed by atoms with Crippen LogP contribution in [-0.4, -0.2) is 20.2 Å². The van der Waals surface area contributed by atoms with Gasteiger partial charge in [0.05, 0.1) is 6.04 Å². The lowest BCUT2D eigenvalue weighted by molar-refractivity contribution is 0.447. The number of aromatic nitrogens is 4. The largest absolute Gasteiger partial charge is 0.399 e. The molecule has 0 saturated carbocycles. The maximum atomic E-state index is 5.97. The van der Waals surface area contributed by atoms with Gasteiger partial charge in [-0.2, -0.15) is 0 Å². The summed E-state index contributed by atoms with van der Waals surface area (Å²) >= 11 is 0. The molecule has 0 amide bonds. The van der Waals surface area contributed by atoms with Gasteiger partial charge in [-0.05, 0) is 42.0 Å². The van der Waals surface area contributed by atoms with E-state index >= 15 is 0 Å². The van der Waals surface area contributed by atoms with Gasteiger partial charge in [-0.3, -0.25) is 0 Å². The van der Waals surface area contributed by atoms with Crippen LogP contribution in [0.1, 0.15) is 32.7 Å². The molecule has 0 bridgehead atoms. The van der Waals surface area contributed by atoms with E-state index in [4.69, 9.17) is 11.5 Å². The van der Waals surface area contributed by atoms with Crippen molar-refractivity contribution in [3.8, 4) is 11.4 Å². The second-order valence-electron chi connectivity index (χ2n) is 4.43. The highest BCUT2D eigenvalue weighted by molar-refractivity contribution is 5.74. The van der Waals surface area contributed by atoms with E-state index in [2.05, 4.69) is 29.4 Å². The zero-order valence-electron chi connectivity index (χ0n) is 10.7. The topological polar surface area (TPSA) is 95.6 Å². The number of anilines is 2.